The third-order valence-electron chi connectivity index (χ3n) is 10.5. The maximum Gasteiger partial charge on any atom is 0.303 e. The van der Waals surface area contributed by atoms with Crippen LogP contribution in [0.4, 0.5) is 0 Å². The van der Waals surface area contributed by atoms with Gasteiger partial charge in [-0.1, -0.05) is 252 Å². The molecule has 0 saturated carbocycles. The minimum Gasteiger partial charge on any atom is -0.550 e. The Labute approximate surface area is 367 Å². The molecule has 0 aliphatic carbocycles. The minimum absolute atomic E-state index is 0. The normalized spacial score (nSPS) is 10.5. The summed E-state index contributed by atoms with van der Waals surface area (Å²) in [5.41, 5.74) is 0. The van der Waals surface area contributed by atoms with E-state index in [1.807, 2.05) is 0 Å². The fourth-order valence-corrected chi connectivity index (χ4v) is 6.88. The molecule has 0 aromatic rings. The Morgan fingerprint density at radius 3 is 0.582 bits per heavy atom. The first-order valence-corrected chi connectivity index (χ1v) is 23.9. The van der Waals surface area contributed by atoms with Gasteiger partial charge in [0, 0.05) is 49.9 Å². The molecule has 6 nitrogen and oxygen atoms in total. The topological polar surface area (TPSA) is 115 Å². The van der Waals surface area contributed by atoms with Crippen LogP contribution in [-0.4, -0.2) is 28.1 Å². The number of carboxylic acids is 3. The number of rotatable bonds is 42. The molecule has 0 heterocycles. The Kier molecular flexibility index (Phi) is 64.2. The largest absolute Gasteiger partial charge is 0.550 e. The van der Waals surface area contributed by atoms with Crippen LogP contribution in [0.2, 0.25) is 0 Å². The minimum atomic E-state index is -0.905. The Morgan fingerprint density at radius 2 is 0.436 bits per heavy atom. The number of unbranched alkanes of at least 4 members (excludes halogenated alkanes) is 36. The number of hydrogen-bond donors (Lipinski definition) is 2. The molecular weight excluding hydrogens is 911 g/mol. The predicted octanol–water partition coefficient (Wildman–Crippen LogP) is 15.3. The second kappa shape index (κ2) is 57.8. The molecule has 0 aliphatic heterocycles. The maximum absolute atomic E-state index is 10.3. The van der Waals surface area contributed by atoms with Crippen molar-refractivity contribution in [2.24, 2.45) is 0 Å². The Balaban J connectivity index is -0.000000351. The van der Waals surface area contributed by atoms with Crippen LogP contribution in [0, 0.1) is 31.1 Å². The van der Waals surface area contributed by atoms with Gasteiger partial charge in [0.15, 0.2) is 0 Å². The number of hydrogen-bond acceptors (Lipinski definition) is 4. The fourth-order valence-electron chi connectivity index (χ4n) is 6.88. The van der Waals surface area contributed by atoms with Crippen LogP contribution in [0.3, 0.4) is 0 Å². The smallest absolute Gasteiger partial charge is 0.303 e. The van der Waals surface area contributed by atoms with Crippen molar-refractivity contribution in [3.8, 4) is 0 Å². The van der Waals surface area contributed by atoms with Gasteiger partial charge in [-0.25, -0.2) is 0 Å². The second-order valence-corrected chi connectivity index (χ2v) is 16.1. The van der Waals surface area contributed by atoms with Crippen LogP contribution in [0.1, 0.15) is 290 Å². The molecule has 0 aromatic heterocycles. The molecule has 7 heteroatoms. The summed E-state index contributed by atoms with van der Waals surface area (Å²) >= 11 is 0. The summed E-state index contributed by atoms with van der Waals surface area (Å²) in [6, 6.07) is 0. The fraction of sp³-hybridized carbons (Fsp3) is 0.938. The molecule has 0 aromatic carbocycles. The summed E-state index contributed by atoms with van der Waals surface area (Å²) in [6.07, 6.45) is 51.5. The van der Waals surface area contributed by atoms with Crippen molar-refractivity contribution in [2.75, 3.05) is 0 Å². The van der Waals surface area contributed by atoms with Gasteiger partial charge in [-0.05, 0) is 25.7 Å². The van der Waals surface area contributed by atoms with Gasteiger partial charge in [0.05, 0.1) is 0 Å². The van der Waals surface area contributed by atoms with E-state index in [-0.39, 0.29) is 37.5 Å². The molecule has 0 radical (unpaired) electrons. The zero-order valence-electron chi connectivity index (χ0n) is 37.2. The van der Waals surface area contributed by atoms with Crippen molar-refractivity contribution in [3.63, 3.8) is 0 Å². The zero-order valence-corrected chi connectivity index (χ0v) is 41.4. The molecule has 328 valence electrons. The quantitative estimate of drug-likeness (QED) is 0.0589. The molecule has 0 aliphatic rings. The third kappa shape index (κ3) is 71.6. The van der Waals surface area contributed by atoms with Gasteiger partial charge in [0.2, 0.25) is 0 Å². The average molecular weight is 1010 g/mol. The van der Waals surface area contributed by atoms with E-state index in [0.717, 1.165) is 38.5 Å². The van der Waals surface area contributed by atoms with Crippen molar-refractivity contribution in [1.29, 1.82) is 0 Å². The van der Waals surface area contributed by atoms with E-state index in [0.29, 0.717) is 12.8 Å². The third-order valence-corrected chi connectivity index (χ3v) is 10.5. The van der Waals surface area contributed by atoms with Crippen molar-refractivity contribution in [1.82, 2.24) is 0 Å². The summed E-state index contributed by atoms with van der Waals surface area (Å²) in [4.78, 5) is 30.8. The maximum atomic E-state index is 10.3. The molecule has 0 saturated heterocycles. The van der Waals surface area contributed by atoms with Gasteiger partial charge >= 0.3 is 11.9 Å². The van der Waals surface area contributed by atoms with Crippen molar-refractivity contribution >= 4 is 17.9 Å². The van der Waals surface area contributed by atoms with Crippen LogP contribution in [0.25, 0.3) is 0 Å². The van der Waals surface area contributed by atoms with E-state index in [1.54, 1.807) is 0 Å². The molecule has 0 unspecified atom stereocenters. The van der Waals surface area contributed by atoms with E-state index in [4.69, 9.17) is 10.2 Å². The van der Waals surface area contributed by atoms with Crippen LogP contribution >= 0.6 is 0 Å². The molecule has 0 amide bonds. The van der Waals surface area contributed by atoms with E-state index < -0.39 is 17.9 Å². The number of carboxylic acid groups (broad SMARTS) is 3. The van der Waals surface area contributed by atoms with Crippen molar-refractivity contribution < 1.29 is 60.8 Å². The molecule has 55 heavy (non-hydrogen) atoms. The van der Waals surface area contributed by atoms with E-state index in [1.165, 1.54) is 212 Å². The zero-order chi connectivity index (χ0) is 40.4. The average Bonchev–Trinajstić information content (AvgIpc) is 3.14. The van der Waals surface area contributed by atoms with Crippen LogP contribution in [-0.2, 0) is 14.4 Å². The van der Waals surface area contributed by atoms with E-state index in [2.05, 4.69) is 20.8 Å². The molecular formula is C48H95O6U-. The van der Waals surface area contributed by atoms with Crippen LogP contribution in [0.15, 0.2) is 0 Å². The number of carbonyl (C=O) groups is 3. The Hall–Kier alpha value is -0.538. The summed E-state index contributed by atoms with van der Waals surface area (Å²) in [5, 5.41) is 27.2. The van der Waals surface area contributed by atoms with Gasteiger partial charge in [0.1, 0.15) is 0 Å². The molecule has 0 rings (SSSR count). The number of aliphatic carboxylic acids is 3. The van der Waals surface area contributed by atoms with Crippen LogP contribution in [0.5, 0.6) is 0 Å². The molecule has 0 spiro atoms. The van der Waals surface area contributed by atoms with Crippen molar-refractivity contribution in [3.05, 3.63) is 0 Å². The van der Waals surface area contributed by atoms with Gasteiger partial charge in [-0.2, -0.15) is 0 Å². The predicted molar refractivity (Wildman–Crippen MR) is 231 cm³/mol. The monoisotopic (exact) mass is 1010 g/mol. The van der Waals surface area contributed by atoms with Gasteiger partial charge in [-0.3, -0.25) is 9.59 Å². The summed E-state index contributed by atoms with van der Waals surface area (Å²) in [5.74, 6) is -2.21. The first-order chi connectivity index (χ1) is 26.3. The summed E-state index contributed by atoms with van der Waals surface area (Å²) < 4.78 is 0. The van der Waals surface area contributed by atoms with E-state index in [9.17, 15) is 19.5 Å². The first kappa shape index (κ1) is 61.1. The van der Waals surface area contributed by atoms with Gasteiger partial charge in [0.25, 0.3) is 0 Å². The molecule has 0 atom stereocenters. The van der Waals surface area contributed by atoms with E-state index >= 15 is 0 Å². The summed E-state index contributed by atoms with van der Waals surface area (Å²) in [6.45, 7) is 6.78. The first-order valence-electron chi connectivity index (χ1n) is 23.9. The van der Waals surface area contributed by atoms with Crippen LogP contribution < -0.4 is 5.11 Å². The van der Waals surface area contributed by atoms with Gasteiger partial charge < -0.3 is 20.1 Å². The SMILES string of the molecule is CCCCCCCCCCCCCCCC(=O)O.CCCCCCCCCCCCCCCC(=O)O.CCCCCCCCCCCCCCCC(=O)[O-].[U]. The molecule has 0 bridgehead atoms. The second-order valence-electron chi connectivity index (χ2n) is 16.1. The molecule has 0 fully saturated rings. The van der Waals surface area contributed by atoms with Crippen molar-refractivity contribution in [2.45, 2.75) is 290 Å². The standard InChI is InChI=1S/3C16H32O2.U/c3*1-2-3-4-5-6-7-8-9-10-11-12-13-14-15-16(17)18;/h3*2-15H2,1H3,(H,17,18);/p-1. The van der Waals surface area contributed by atoms with Gasteiger partial charge in [-0.15, -0.1) is 0 Å². The molecule has 2 N–H and O–H groups in total. The summed E-state index contributed by atoms with van der Waals surface area (Å²) in [7, 11) is 0. The Bertz CT molecular complexity index is 636. The Morgan fingerprint density at radius 1 is 0.291 bits per heavy atom. The number of carbonyl (C=O) groups excluding carboxylic acids is 1.